The average Bonchev–Trinajstić information content (AvgIpc) is 2.62. The molecule has 1 aliphatic rings. The van der Waals surface area contributed by atoms with Crippen LogP contribution in [0.1, 0.15) is 71.8 Å². The molecule has 0 aromatic heterocycles. The fourth-order valence-electron chi connectivity index (χ4n) is 4.58. The van der Waals surface area contributed by atoms with Crippen LogP contribution in [0.4, 0.5) is 0 Å². The van der Waals surface area contributed by atoms with Gasteiger partial charge in [-0.15, -0.1) is 6.42 Å². The predicted octanol–water partition coefficient (Wildman–Crippen LogP) is 4.64. The van der Waals surface area contributed by atoms with Crippen LogP contribution in [0.25, 0.3) is 0 Å². The highest BCUT2D eigenvalue weighted by Gasteiger charge is 2.44. The van der Waals surface area contributed by atoms with E-state index >= 15 is 0 Å². The zero-order chi connectivity index (χ0) is 21.8. The van der Waals surface area contributed by atoms with Crippen molar-refractivity contribution in [3.63, 3.8) is 0 Å². The normalized spacial score (nSPS) is 21.9. The highest BCUT2D eigenvalue weighted by Crippen LogP contribution is 2.40. The molecule has 3 unspecified atom stereocenters. The quantitative estimate of drug-likeness (QED) is 0.380. The molecular weight excluding hydrogens is 362 g/mol. The SMILES string of the molecule is C#CC(ON1C(C)(C)CCCC1(C)C)C(CC(c1ccccc1)C(O)O)C(=C)C. The van der Waals surface area contributed by atoms with Crippen LogP contribution in [0.5, 0.6) is 0 Å². The van der Waals surface area contributed by atoms with Gasteiger partial charge in [0.1, 0.15) is 6.10 Å². The summed E-state index contributed by atoms with van der Waals surface area (Å²) >= 11 is 0. The lowest BCUT2D eigenvalue weighted by atomic mass is 9.81. The largest absolute Gasteiger partial charge is 0.368 e. The summed E-state index contributed by atoms with van der Waals surface area (Å²) < 4.78 is 0. The molecule has 0 saturated carbocycles. The van der Waals surface area contributed by atoms with Crippen LogP contribution in [-0.2, 0) is 4.84 Å². The van der Waals surface area contributed by atoms with Crippen LogP contribution in [0.15, 0.2) is 42.5 Å². The minimum Gasteiger partial charge on any atom is -0.368 e. The molecule has 1 aliphatic heterocycles. The Hall–Kier alpha value is -1.64. The van der Waals surface area contributed by atoms with Gasteiger partial charge in [0, 0.05) is 22.9 Å². The third-order valence-electron chi connectivity index (χ3n) is 6.15. The van der Waals surface area contributed by atoms with E-state index in [2.05, 4.69) is 45.3 Å². The lowest BCUT2D eigenvalue weighted by Gasteiger charge is -2.52. The fraction of sp³-hybridized carbons (Fsp3) is 0.600. The molecule has 3 atom stereocenters. The summed E-state index contributed by atoms with van der Waals surface area (Å²) in [5.74, 6) is 2.13. The van der Waals surface area contributed by atoms with Crippen LogP contribution in [0, 0.1) is 18.3 Å². The second kappa shape index (κ2) is 9.45. The molecule has 4 heteroatoms. The molecule has 0 aliphatic carbocycles. The summed E-state index contributed by atoms with van der Waals surface area (Å²) in [6, 6.07) is 9.52. The van der Waals surface area contributed by atoms with E-state index < -0.39 is 18.3 Å². The zero-order valence-electron chi connectivity index (χ0n) is 18.6. The number of rotatable bonds is 8. The van der Waals surface area contributed by atoms with Crippen molar-refractivity contribution in [1.29, 1.82) is 0 Å². The van der Waals surface area contributed by atoms with E-state index in [1.807, 2.05) is 37.3 Å². The fourth-order valence-corrected chi connectivity index (χ4v) is 4.58. The van der Waals surface area contributed by atoms with E-state index in [-0.39, 0.29) is 17.0 Å². The highest BCUT2D eigenvalue weighted by atomic mass is 16.7. The summed E-state index contributed by atoms with van der Waals surface area (Å²) in [4.78, 5) is 6.48. The maximum atomic E-state index is 10.1. The number of aliphatic hydroxyl groups excluding tert-OH is 1. The number of hydrogen-bond donors (Lipinski definition) is 2. The second-order valence-electron chi connectivity index (χ2n) is 9.58. The maximum Gasteiger partial charge on any atom is 0.158 e. The van der Waals surface area contributed by atoms with E-state index in [1.54, 1.807) is 0 Å². The van der Waals surface area contributed by atoms with Gasteiger partial charge in [0.2, 0.25) is 0 Å². The number of nitrogens with zero attached hydrogens (tertiary/aromatic N) is 1. The topological polar surface area (TPSA) is 52.9 Å². The molecule has 29 heavy (non-hydrogen) atoms. The van der Waals surface area contributed by atoms with Crippen LogP contribution in [0.3, 0.4) is 0 Å². The lowest BCUT2D eigenvalue weighted by molar-refractivity contribution is -0.300. The van der Waals surface area contributed by atoms with Crippen molar-refractivity contribution in [3.8, 4) is 12.3 Å². The Balaban J connectivity index is 2.29. The molecular formula is C25H37NO3. The Bertz CT molecular complexity index is 701. The average molecular weight is 400 g/mol. The van der Waals surface area contributed by atoms with Crippen molar-refractivity contribution in [2.45, 2.75) is 89.7 Å². The number of piperidine rings is 1. The minimum atomic E-state index is -1.49. The lowest BCUT2D eigenvalue weighted by Crippen LogP contribution is -2.59. The van der Waals surface area contributed by atoms with Crippen LogP contribution >= 0.6 is 0 Å². The summed E-state index contributed by atoms with van der Waals surface area (Å²) in [6.07, 6.45) is 7.58. The molecule has 1 aromatic carbocycles. The monoisotopic (exact) mass is 399 g/mol. The molecule has 4 nitrogen and oxygen atoms in total. The minimum absolute atomic E-state index is 0.133. The molecule has 1 fully saturated rings. The van der Waals surface area contributed by atoms with Gasteiger partial charge in [-0.25, -0.2) is 0 Å². The van der Waals surface area contributed by atoms with Crippen LogP contribution in [0.2, 0.25) is 0 Å². The van der Waals surface area contributed by atoms with E-state index in [0.717, 1.165) is 30.4 Å². The van der Waals surface area contributed by atoms with Gasteiger partial charge in [-0.05, 0) is 65.9 Å². The van der Waals surface area contributed by atoms with Gasteiger partial charge < -0.3 is 10.2 Å². The molecule has 2 rings (SSSR count). The van der Waals surface area contributed by atoms with Crippen molar-refractivity contribution >= 4 is 0 Å². The van der Waals surface area contributed by atoms with Crippen LogP contribution in [-0.4, -0.2) is 38.7 Å². The molecule has 1 saturated heterocycles. The predicted molar refractivity (Wildman–Crippen MR) is 118 cm³/mol. The van der Waals surface area contributed by atoms with Crippen LogP contribution < -0.4 is 0 Å². The van der Waals surface area contributed by atoms with Gasteiger partial charge in [-0.1, -0.05) is 48.4 Å². The zero-order valence-corrected chi connectivity index (χ0v) is 18.6. The van der Waals surface area contributed by atoms with E-state index in [1.165, 1.54) is 0 Å². The molecule has 0 bridgehead atoms. The first-order chi connectivity index (χ1) is 13.5. The first-order valence-corrected chi connectivity index (χ1v) is 10.5. The first-order valence-electron chi connectivity index (χ1n) is 10.5. The van der Waals surface area contributed by atoms with Crippen molar-refractivity contribution in [1.82, 2.24) is 5.06 Å². The van der Waals surface area contributed by atoms with Crippen molar-refractivity contribution < 1.29 is 15.1 Å². The van der Waals surface area contributed by atoms with Crippen molar-refractivity contribution in [2.24, 2.45) is 5.92 Å². The Morgan fingerprint density at radius 3 is 2.17 bits per heavy atom. The Morgan fingerprint density at radius 2 is 1.72 bits per heavy atom. The molecule has 1 heterocycles. The van der Waals surface area contributed by atoms with E-state index in [0.29, 0.717) is 6.42 Å². The van der Waals surface area contributed by atoms with Gasteiger partial charge in [0.25, 0.3) is 0 Å². The second-order valence-corrected chi connectivity index (χ2v) is 9.58. The van der Waals surface area contributed by atoms with Crippen molar-refractivity contribution in [3.05, 3.63) is 48.0 Å². The molecule has 0 amide bonds. The van der Waals surface area contributed by atoms with Gasteiger partial charge in [-0.3, -0.25) is 4.84 Å². The van der Waals surface area contributed by atoms with Gasteiger partial charge in [0.15, 0.2) is 6.29 Å². The third-order valence-corrected chi connectivity index (χ3v) is 6.15. The first kappa shape index (κ1) is 23.6. The number of hydrogen-bond acceptors (Lipinski definition) is 4. The number of benzene rings is 1. The number of aliphatic hydroxyl groups is 2. The highest BCUT2D eigenvalue weighted by molar-refractivity contribution is 5.22. The summed E-state index contributed by atoms with van der Waals surface area (Å²) in [7, 11) is 0. The Labute approximate surface area is 176 Å². The van der Waals surface area contributed by atoms with E-state index in [9.17, 15) is 10.2 Å². The van der Waals surface area contributed by atoms with Crippen molar-refractivity contribution in [2.75, 3.05) is 0 Å². The molecule has 0 radical (unpaired) electrons. The molecule has 160 valence electrons. The molecule has 0 spiro atoms. The van der Waals surface area contributed by atoms with Gasteiger partial charge >= 0.3 is 0 Å². The number of hydroxylamine groups is 2. The summed E-state index contributed by atoms with van der Waals surface area (Å²) in [6.45, 7) is 14.8. The molecule has 2 N–H and O–H groups in total. The molecule has 1 aromatic rings. The maximum absolute atomic E-state index is 10.1. The van der Waals surface area contributed by atoms with Gasteiger partial charge in [0.05, 0.1) is 0 Å². The standard InChI is InChI=1S/C25H37NO3/c1-8-22(29-26-24(4,5)15-12-16-25(26,6)7)20(18(2)3)17-21(23(27)28)19-13-10-9-11-14-19/h1,9-11,13-14,20-23,27-28H,2,12,15-17H2,3-7H3. The number of terminal acetylenes is 1. The Morgan fingerprint density at radius 1 is 1.17 bits per heavy atom. The van der Waals surface area contributed by atoms with Gasteiger partial charge in [-0.2, -0.15) is 5.06 Å². The van der Waals surface area contributed by atoms with E-state index in [4.69, 9.17) is 11.3 Å². The smallest absolute Gasteiger partial charge is 0.158 e. The summed E-state index contributed by atoms with van der Waals surface area (Å²) in [5.41, 5.74) is 1.47. The Kier molecular flexibility index (Phi) is 7.70. The third kappa shape index (κ3) is 5.71. The summed E-state index contributed by atoms with van der Waals surface area (Å²) in [5, 5.41) is 22.2.